The number of rotatable bonds is 5. The second-order valence-electron chi connectivity index (χ2n) is 5.67. The summed E-state index contributed by atoms with van der Waals surface area (Å²) in [6.07, 6.45) is 0.886. The van der Waals surface area contributed by atoms with E-state index in [1.54, 1.807) is 6.92 Å². The Morgan fingerprint density at radius 3 is 2.58 bits per heavy atom. The third kappa shape index (κ3) is 3.22. The van der Waals surface area contributed by atoms with Crippen molar-refractivity contribution in [1.82, 2.24) is 4.31 Å². The number of sulfonamides is 1. The number of ether oxygens (including phenoxy) is 1. The molecule has 1 amide bonds. The van der Waals surface area contributed by atoms with E-state index in [1.807, 2.05) is 0 Å². The number of hydrogen-bond acceptors (Lipinski definition) is 5. The van der Waals surface area contributed by atoms with Gasteiger partial charge in [0.1, 0.15) is 5.75 Å². The maximum absolute atomic E-state index is 12.9. The van der Waals surface area contributed by atoms with E-state index < -0.39 is 33.9 Å². The Hall–Kier alpha value is -2.13. The first-order valence-electron chi connectivity index (χ1n) is 7.42. The van der Waals surface area contributed by atoms with Crippen LogP contribution in [0.2, 0.25) is 0 Å². The van der Waals surface area contributed by atoms with E-state index in [1.165, 1.54) is 23.5 Å². The average molecular weight is 356 g/mol. The Balaban J connectivity index is 2.45. The van der Waals surface area contributed by atoms with Crippen molar-refractivity contribution in [3.8, 4) is 5.75 Å². The van der Waals surface area contributed by atoms with Gasteiger partial charge in [0.25, 0.3) is 5.91 Å². The van der Waals surface area contributed by atoms with Gasteiger partial charge in [0, 0.05) is 12.6 Å². The summed E-state index contributed by atoms with van der Waals surface area (Å²) in [6.45, 7) is 1.80. The Kier molecular flexibility index (Phi) is 5.14. The number of carbonyl (C=O) groups is 2. The Morgan fingerprint density at radius 1 is 1.38 bits per heavy atom. The minimum absolute atomic E-state index is 0.0435. The molecule has 0 unspecified atom stereocenters. The van der Waals surface area contributed by atoms with Crippen LogP contribution in [0.25, 0.3) is 0 Å². The predicted octanol–water partition coefficient (Wildman–Crippen LogP) is 0.668. The fourth-order valence-electron chi connectivity index (χ4n) is 2.96. The molecule has 0 radical (unpaired) electrons. The van der Waals surface area contributed by atoms with Gasteiger partial charge >= 0.3 is 5.97 Å². The smallest absolute Gasteiger partial charge is 0.308 e. The first-order chi connectivity index (χ1) is 11.2. The third-order valence-electron chi connectivity index (χ3n) is 4.29. The van der Waals surface area contributed by atoms with Gasteiger partial charge in [-0.05, 0) is 38.0 Å². The second-order valence-corrected chi connectivity index (χ2v) is 7.56. The van der Waals surface area contributed by atoms with Gasteiger partial charge in [-0.25, -0.2) is 8.42 Å². The van der Waals surface area contributed by atoms with Gasteiger partial charge in [-0.3, -0.25) is 9.59 Å². The second kappa shape index (κ2) is 6.78. The Labute approximate surface area is 140 Å². The lowest BCUT2D eigenvalue weighted by molar-refractivity contribution is -0.144. The molecule has 0 aromatic heterocycles. The lowest BCUT2D eigenvalue weighted by Gasteiger charge is -2.36. The Bertz CT molecular complexity index is 761. The SMILES string of the molecule is COc1ccc(S(=O)(=O)N2CCC[C@H](C(=O)O)[C@@H]2C)cc1C(N)=O. The van der Waals surface area contributed by atoms with Gasteiger partial charge in [0.05, 0.1) is 23.5 Å². The number of hydrogen-bond donors (Lipinski definition) is 2. The molecule has 8 nitrogen and oxygen atoms in total. The van der Waals surface area contributed by atoms with Crippen LogP contribution in [0.1, 0.15) is 30.1 Å². The highest BCUT2D eigenvalue weighted by molar-refractivity contribution is 7.89. The van der Waals surface area contributed by atoms with Crippen LogP contribution in [0.5, 0.6) is 5.75 Å². The number of piperidine rings is 1. The molecule has 1 heterocycles. The highest BCUT2D eigenvalue weighted by Gasteiger charge is 2.39. The van der Waals surface area contributed by atoms with Crippen molar-refractivity contribution in [2.24, 2.45) is 11.7 Å². The number of carbonyl (C=O) groups excluding carboxylic acids is 1. The largest absolute Gasteiger partial charge is 0.496 e. The maximum atomic E-state index is 12.9. The van der Waals surface area contributed by atoms with Crippen LogP contribution in [-0.2, 0) is 14.8 Å². The molecular formula is C15H20N2O6S. The molecule has 0 saturated carbocycles. The van der Waals surface area contributed by atoms with Crippen molar-refractivity contribution in [2.45, 2.75) is 30.7 Å². The normalized spacial score (nSPS) is 22.1. The summed E-state index contributed by atoms with van der Waals surface area (Å²) < 4.78 is 31.9. The fraction of sp³-hybridized carbons (Fsp3) is 0.467. The topological polar surface area (TPSA) is 127 Å². The van der Waals surface area contributed by atoms with Gasteiger partial charge in [-0.2, -0.15) is 4.31 Å². The number of nitrogens with two attached hydrogens (primary N) is 1. The van der Waals surface area contributed by atoms with Gasteiger partial charge in [0.2, 0.25) is 10.0 Å². The average Bonchev–Trinajstić information content (AvgIpc) is 2.53. The van der Waals surface area contributed by atoms with E-state index in [4.69, 9.17) is 10.5 Å². The maximum Gasteiger partial charge on any atom is 0.308 e. The molecule has 132 valence electrons. The molecule has 0 spiro atoms. The number of carboxylic acids is 1. The fourth-order valence-corrected chi connectivity index (χ4v) is 4.69. The van der Waals surface area contributed by atoms with Crippen LogP contribution < -0.4 is 10.5 Å². The van der Waals surface area contributed by atoms with Crippen molar-refractivity contribution < 1.29 is 27.9 Å². The monoisotopic (exact) mass is 356 g/mol. The van der Waals surface area contributed by atoms with Crippen molar-refractivity contribution in [2.75, 3.05) is 13.7 Å². The highest BCUT2D eigenvalue weighted by atomic mass is 32.2. The van der Waals surface area contributed by atoms with Crippen LogP contribution >= 0.6 is 0 Å². The zero-order valence-electron chi connectivity index (χ0n) is 13.4. The van der Waals surface area contributed by atoms with Crippen molar-refractivity contribution in [1.29, 1.82) is 0 Å². The van der Waals surface area contributed by atoms with E-state index in [9.17, 15) is 23.1 Å². The summed E-state index contributed by atoms with van der Waals surface area (Å²) in [7, 11) is -2.60. The molecule has 2 atom stereocenters. The summed E-state index contributed by atoms with van der Waals surface area (Å²) in [5.41, 5.74) is 5.22. The molecule has 1 fully saturated rings. The third-order valence-corrected chi connectivity index (χ3v) is 6.27. The van der Waals surface area contributed by atoms with Gasteiger partial charge in [-0.1, -0.05) is 0 Å². The van der Waals surface area contributed by atoms with E-state index in [0.29, 0.717) is 12.8 Å². The van der Waals surface area contributed by atoms with E-state index >= 15 is 0 Å². The van der Waals surface area contributed by atoms with Crippen LogP contribution in [0.3, 0.4) is 0 Å². The first kappa shape index (κ1) is 18.2. The zero-order chi connectivity index (χ0) is 18.1. The summed E-state index contributed by atoms with van der Waals surface area (Å²) in [6, 6.07) is 3.15. The molecule has 1 aliphatic heterocycles. The summed E-state index contributed by atoms with van der Waals surface area (Å²) in [5.74, 6) is -2.41. The molecule has 1 aliphatic rings. The summed E-state index contributed by atoms with van der Waals surface area (Å²) in [4.78, 5) is 22.7. The van der Waals surface area contributed by atoms with Crippen LogP contribution in [0, 0.1) is 5.92 Å². The number of carboxylic acid groups (broad SMARTS) is 1. The van der Waals surface area contributed by atoms with Gasteiger partial charge in [0.15, 0.2) is 0 Å². The number of methoxy groups -OCH3 is 1. The lowest BCUT2D eigenvalue weighted by atomic mass is 9.92. The lowest BCUT2D eigenvalue weighted by Crippen LogP contribution is -2.49. The number of primary amides is 1. The van der Waals surface area contributed by atoms with Crippen LogP contribution in [0.15, 0.2) is 23.1 Å². The van der Waals surface area contributed by atoms with Crippen molar-refractivity contribution in [3.05, 3.63) is 23.8 Å². The molecule has 1 saturated heterocycles. The number of aliphatic carboxylic acids is 1. The highest BCUT2D eigenvalue weighted by Crippen LogP contribution is 2.31. The molecule has 24 heavy (non-hydrogen) atoms. The summed E-state index contributed by atoms with van der Waals surface area (Å²) >= 11 is 0. The number of benzene rings is 1. The van der Waals surface area contributed by atoms with Gasteiger partial charge < -0.3 is 15.6 Å². The minimum Gasteiger partial charge on any atom is -0.496 e. The molecule has 3 N–H and O–H groups in total. The van der Waals surface area contributed by atoms with E-state index in [0.717, 1.165) is 6.07 Å². The molecular weight excluding hydrogens is 336 g/mol. The van der Waals surface area contributed by atoms with Gasteiger partial charge in [-0.15, -0.1) is 0 Å². The molecule has 1 aromatic carbocycles. The molecule has 9 heteroatoms. The predicted molar refractivity (Wildman–Crippen MR) is 85.2 cm³/mol. The van der Waals surface area contributed by atoms with Crippen molar-refractivity contribution >= 4 is 21.9 Å². The van der Waals surface area contributed by atoms with Crippen LogP contribution in [-0.4, -0.2) is 49.4 Å². The minimum atomic E-state index is -3.95. The van der Waals surface area contributed by atoms with Crippen LogP contribution in [0.4, 0.5) is 0 Å². The van der Waals surface area contributed by atoms with E-state index in [-0.39, 0.29) is 22.8 Å². The number of amides is 1. The molecule has 1 aromatic rings. The standard InChI is InChI=1S/C15H20N2O6S/c1-9-11(15(19)20)4-3-7-17(9)24(21,22)10-5-6-13(23-2)12(8-10)14(16)18/h5-6,8-9,11H,3-4,7H2,1-2H3,(H2,16,18)(H,19,20)/t9-,11-/m0/s1. The summed E-state index contributed by atoms with van der Waals surface area (Å²) in [5, 5.41) is 9.25. The molecule has 0 aliphatic carbocycles. The zero-order valence-corrected chi connectivity index (χ0v) is 14.2. The van der Waals surface area contributed by atoms with E-state index in [2.05, 4.69) is 0 Å². The number of nitrogens with zero attached hydrogens (tertiary/aromatic N) is 1. The molecule has 0 bridgehead atoms. The van der Waals surface area contributed by atoms with Crippen molar-refractivity contribution in [3.63, 3.8) is 0 Å². The molecule has 2 rings (SSSR count). The quantitative estimate of drug-likeness (QED) is 0.798. The first-order valence-corrected chi connectivity index (χ1v) is 8.86. The Morgan fingerprint density at radius 2 is 2.04 bits per heavy atom.